The number of hydrogen-bond donors (Lipinski definition) is 2. The molecule has 2 unspecified atom stereocenters. The lowest BCUT2D eigenvalue weighted by Crippen LogP contribution is -2.39. The largest absolute Gasteiger partial charge is 0.491 e. The van der Waals surface area contributed by atoms with E-state index in [9.17, 15) is 9.18 Å². The van der Waals surface area contributed by atoms with Gasteiger partial charge < -0.3 is 9.47 Å². The summed E-state index contributed by atoms with van der Waals surface area (Å²) in [5, 5.41) is 0. The molecule has 5 nitrogen and oxygen atoms in total. The minimum atomic E-state index is -0.530. The van der Waals surface area contributed by atoms with Crippen LogP contribution in [0.25, 0.3) is 0 Å². The van der Waals surface area contributed by atoms with Gasteiger partial charge in [0.25, 0.3) is 5.91 Å². The number of ether oxygens (including phenoxy) is 2. The number of amides is 1. The molecule has 2 rings (SSSR count). The number of hydrogen-bond acceptors (Lipinski definition) is 4. The van der Waals surface area contributed by atoms with Gasteiger partial charge in [-0.2, -0.15) is 0 Å². The van der Waals surface area contributed by atoms with Gasteiger partial charge in [-0.25, -0.2) is 10.2 Å². The predicted molar refractivity (Wildman–Crippen MR) is 69.8 cm³/mol. The van der Waals surface area contributed by atoms with Crippen LogP contribution in [0.15, 0.2) is 22.7 Å². The van der Waals surface area contributed by atoms with Crippen LogP contribution in [0.5, 0.6) is 5.75 Å². The van der Waals surface area contributed by atoms with Crippen LogP contribution in [-0.4, -0.2) is 24.7 Å². The van der Waals surface area contributed by atoms with Crippen LogP contribution >= 0.6 is 15.9 Å². The number of carbonyl (C=O) groups is 1. The van der Waals surface area contributed by atoms with E-state index in [1.165, 1.54) is 12.1 Å². The van der Waals surface area contributed by atoms with Crippen LogP contribution in [0.3, 0.4) is 0 Å². The van der Waals surface area contributed by atoms with E-state index in [2.05, 4.69) is 21.4 Å². The normalized spacial score (nSPS) is 22.3. The highest BCUT2D eigenvalue weighted by Gasteiger charge is 2.30. The molecular formula is C12H14BrFN2O3. The van der Waals surface area contributed by atoms with Crippen molar-refractivity contribution in [3.63, 3.8) is 0 Å². The molecule has 0 bridgehead atoms. The van der Waals surface area contributed by atoms with Crippen molar-refractivity contribution in [3.8, 4) is 5.75 Å². The molecule has 0 saturated carbocycles. The van der Waals surface area contributed by atoms with E-state index in [-0.39, 0.29) is 24.4 Å². The molecule has 0 radical (unpaired) electrons. The molecular weight excluding hydrogens is 319 g/mol. The molecule has 0 spiro atoms. The molecule has 1 heterocycles. The Kier molecular flexibility index (Phi) is 4.73. The van der Waals surface area contributed by atoms with Crippen molar-refractivity contribution < 1.29 is 18.7 Å². The second-order valence-electron chi connectivity index (χ2n) is 4.25. The Morgan fingerprint density at radius 1 is 1.53 bits per heavy atom. The molecule has 2 atom stereocenters. The monoisotopic (exact) mass is 332 g/mol. The van der Waals surface area contributed by atoms with Gasteiger partial charge in [0.05, 0.1) is 6.10 Å². The smallest absolute Gasteiger partial charge is 0.263 e. The number of benzene rings is 1. The molecule has 3 N–H and O–H groups in total. The van der Waals surface area contributed by atoms with Crippen LogP contribution in [0.2, 0.25) is 0 Å². The summed E-state index contributed by atoms with van der Waals surface area (Å²) >= 11 is 3.19. The summed E-state index contributed by atoms with van der Waals surface area (Å²) in [6.45, 7) is 0.268. The molecule has 104 valence electrons. The Morgan fingerprint density at radius 2 is 2.32 bits per heavy atom. The van der Waals surface area contributed by atoms with Crippen LogP contribution in [-0.2, 0) is 9.53 Å². The molecule has 0 aromatic heterocycles. The number of nitrogens with two attached hydrogens (primary N) is 1. The van der Waals surface area contributed by atoms with Gasteiger partial charge in [0.2, 0.25) is 0 Å². The second-order valence-corrected chi connectivity index (χ2v) is 5.16. The molecule has 1 aliphatic rings. The second kappa shape index (κ2) is 6.31. The summed E-state index contributed by atoms with van der Waals surface area (Å²) in [6.07, 6.45) is 0.584. The number of carbonyl (C=O) groups excluding carboxylic acids is 1. The summed E-state index contributed by atoms with van der Waals surface area (Å²) in [4.78, 5) is 11.3. The zero-order chi connectivity index (χ0) is 13.8. The van der Waals surface area contributed by atoms with Crippen LogP contribution < -0.4 is 16.0 Å². The molecule has 1 amide bonds. The van der Waals surface area contributed by atoms with Crippen molar-refractivity contribution in [2.24, 2.45) is 5.84 Å². The number of hydrazine groups is 1. The van der Waals surface area contributed by atoms with Gasteiger partial charge in [-0.1, -0.05) is 15.9 Å². The predicted octanol–water partition coefficient (Wildman–Crippen LogP) is 1.50. The van der Waals surface area contributed by atoms with E-state index in [1.807, 2.05) is 0 Å². The van der Waals surface area contributed by atoms with Crippen molar-refractivity contribution in [2.75, 3.05) is 6.61 Å². The van der Waals surface area contributed by atoms with Gasteiger partial charge in [-0.3, -0.25) is 10.2 Å². The highest BCUT2D eigenvalue weighted by molar-refractivity contribution is 9.10. The lowest BCUT2D eigenvalue weighted by molar-refractivity contribution is -0.132. The van der Waals surface area contributed by atoms with E-state index in [4.69, 9.17) is 15.3 Å². The topological polar surface area (TPSA) is 73.6 Å². The quantitative estimate of drug-likeness (QED) is 0.498. The lowest BCUT2D eigenvalue weighted by Gasteiger charge is -2.14. The Balaban J connectivity index is 1.85. The Bertz CT molecular complexity index is 452. The minimum Gasteiger partial charge on any atom is -0.491 e. The summed E-state index contributed by atoms with van der Waals surface area (Å²) in [5.41, 5.74) is 2.06. The summed E-state index contributed by atoms with van der Waals surface area (Å²) in [6, 6.07) is 4.31. The fourth-order valence-electron chi connectivity index (χ4n) is 1.92. The first-order valence-electron chi connectivity index (χ1n) is 5.83. The third-order valence-corrected chi connectivity index (χ3v) is 3.27. The molecule has 1 aliphatic heterocycles. The molecule has 7 heteroatoms. The third-order valence-electron chi connectivity index (χ3n) is 2.81. The van der Waals surface area contributed by atoms with Crippen LogP contribution in [0, 0.1) is 5.82 Å². The maximum Gasteiger partial charge on any atom is 0.263 e. The zero-order valence-corrected chi connectivity index (χ0v) is 11.7. The fourth-order valence-corrected chi connectivity index (χ4v) is 2.36. The average Bonchev–Trinajstić information content (AvgIpc) is 2.83. The number of nitrogens with one attached hydrogen (secondary N) is 1. The van der Waals surface area contributed by atoms with Gasteiger partial charge in [0.1, 0.15) is 24.3 Å². The Hall–Kier alpha value is -1.18. The van der Waals surface area contributed by atoms with Gasteiger partial charge >= 0.3 is 0 Å². The molecule has 1 fully saturated rings. The molecule has 19 heavy (non-hydrogen) atoms. The first-order valence-corrected chi connectivity index (χ1v) is 6.62. The van der Waals surface area contributed by atoms with Crippen molar-refractivity contribution in [2.45, 2.75) is 25.0 Å². The zero-order valence-electron chi connectivity index (χ0n) is 10.1. The molecule has 0 aliphatic carbocycles. The van der Waals surface area contributed by atoms with Gasteiger partial charge in [0, 0.05) is 10.5 Å². The van der Waals surface area contributed by atoms with Crippen LogP contribution in [0.1, 0.15) is 12.8 Å². The highest BCUT2D eigenvalue weighted by atomic mass is 79.9. The SMILES string of the molecule is NNC(=O)C1CCC(COc2cc(F)cc(Br)c2)O1. The Morgan fingerprint density at radius 3 is 3.00 bits per heavy atom. The van der Waals surface area contributed by atoms with Gasteiger partial charge in [0.15, 0.2) is 0 Å². The van der Waals surface area contributed by atoms with Crippen molar-refractivity contribution >= 4 is 21.8 Å². The van der Waals surface area contributed by atoms with Crippen molar-refractivity contribution in [1.29, 1.82) is 0 Å². The minimum absolute atomic E-state index is 0.190. The van der Waals surface area contributed by atoms with E-state index in [0.29, 0.717) is 23.1 Å². The van der Waals surface area contributed by atoms with Crippen molar-refractivity contribution in [1.82, 2.24) is 5.43 Å². The van der Waals surface area contributed by atoms with Gasteiger partial charge in [-0.15, -0.1) is 0 Å². The summed E-state index contributed by atoms with van der Waals surface area (Å²) in [7, 11) is 0. The molecule has 1 aromatic carbocycles. The summed E-state index contributed by atoms with van der Waals surface area (Å²) in [5.74, 6) is 4.74. The van der Waals surface area contributed by atoms with E-state index >= 15 is 0 Å². The van der Waals surface area contributed by atoms with Crippen LogP contribution in [0.4, 0.5) is 4.39 Å². The molecule has 1 aromatic rings. The maximum atomic E-state index is 13.1. The fraction of sp³-hybridized carbons (Fsp3) is 0.417. The number of halogens is 2. The molecule has 1 saturated heterocycles. The highest BCUT2D eigenvalue weighted by Crippen LogP contribution is 2.23. The number of rotatable bonds is 4. The van der Waals surface area contributed by atoms with E-state index < -0.39 is 6.10 Å². The maximum absolute atomic E-state index is 13.1. The lowest BCUT2D eigenvalue weighted by atomic mass is 10.2. The first-order chi connectivity index (χ1) is 9.08. The third kappa shape index (κ3) is 3.89. The van der Waals surface area contributed by atoms with E-state index in [0.717, 1.165) is 0 Å². The summed E-state index contributed by atoms with van der Waals surface area (Å²) < 4.78 is 24.7. The standard InChI is InChI=1S/C12H14BrFN2O3/c13-7-3-8(14)5-10(4-7)18-6-9-1-2-11(19-9)12(17)16-15/h3-5,9,11H,1-2,6,15H2,(H,16,17). The average molecular weight is 333 g/mol. The van der Waals surface area contributed by atoms with Crippen molar-refractivity contribution in [3.05, 3.63) is 28.5 Å². The van der Waals surface area contributed by atoms with Gasteiger partial charge in [-0.05, 0) is 25.0 Å². The Labute approximate surface area is 118 Å². The first kappa shape index (κ1) is 14.2. The van der Waals surface area contributed by atoms with E-state index in [1.54, 1.807) is 6.07 Å².